The van der Waals surface area contributed by atoms with Crippen molar-refractivity contribution >= 4 is 8.32 Å². The van der Waals surface area contributed by atoms with E-state index in [0.717, 1.165) is 6.42 Å². The van der Waals surface area contributed by atoms with Gasteiger partial charge in [-0.05, 0) is 67.6 Å². The highest BCUT2D eigenvalue weighted by atomic mass is 28.4. The Balaban J connectivity index is 1.74. The van der Waals surface area contributed by atoms with Crippen molar-refractivity contribution in [3.05, 3.63) is 35.9 Å². The van der Waals surface area contributed by atoms with Gasteiger partial charge in [0.25, 0.3) is 0 Å². The molecular weight excluding hydrogens is 408 g/mol. The van der Waals surface area contributed by atoms with E-state index in [2.05, 4.69) is 78.8 Å². The van der Waals surface area contributed by atoms with Gasteiger partial charge in [-0.3, -0.25) is 0 Å². The summed E-state index contributed by atoms with van der Waals surface area (Å²) in [6, 6.07) is 11.1. The smallest absolute Gasteiger partial charge is 0.200 e. The van der Waals surface area contributed by atoms with E-state index >= 15 is 0 Å². The summed E-state index contributed by atoms with van der Waals surface area (Å²) in [5.74, 6) is 0.489. The van der Waals surface area contributed by atoms with Crippen molar-refractivity contribution in [3.8, 4) is 0 Å². The average Bonchev–Trinajstić information content (AvgIpc) is 3.36. The highest BCUT2D eigenvalue weighted by Gasteiger charge is 2.65. The third-order valence-electron chi connectivity index (χ3n) is 9.83. The molecule has 2 saturated heterocycles. The van der Waals surface area contributed by atoms with E-state index in [-0.39, 0.29) is 11.0 Å². The standard InChI is InChI=1S/C29H48O2Si/c1-21(2)32(22(3)4,23(5)6)31-27-25(16-15-24-13-9-8-10-14-24)28(7)20-17-26(30-28)29(27)18-11-12-19-29/h8-10,13-14,21-23,25-27H,11-12,15-20H2,1-7H3/t25-,26+,27-,28+/m1/s1. The van der Waals surface area contributed by atoms with Gasteiger partial charge in [-0.1, -0.05) is 84.7 Å². The summed E-state index contributed by atoms with van der Waals surface area (Å²) < 4.78 is 14.8. The molecular formula is C29H48O2Si. The van der Waals surface area contributed by atoms with Crippen LogP contribution in [0.15, 0.2) is 30.3 Å². The Morgan fingerprint density at radius 1 is 0.938 bits per heavy atom. The normalized spacial score (nSPS) is 32.0. The molecule has 2 nitrogen and oxygen atoms in total. The monoisotopic (exact) mass is 456 g/mol. The molecule has 0 unspecified atom stereocenters. The summed E-state index contributed by atoms with van der Waals surface area (Å²) in [7, 11) is -1.98. The molecule has 1 aromatic carbocycles. The first-order valence-corrected chi connectivity index (χ1v) is 15.7. The fourth-order valence-electron chi connectivity index (χ4n) is 8.33. The van der Waals surface area contributed by atoms with E-state index in [1.807, 2.05) is 0 Å². The van der Waals surface area contributed by atoms with Crippen LogP contribution in [-0.2, 0) is 15.6 Å². The maximum absolute atomic E-state index is 7.81. The first kappa shape index (κ1) is 24.5. The molecule has 0 radical (unpaired) electrons. The molecule has 2 aliphatic heterocycles. The van der Waals surface area contributed by atoms with Crippen LogP contribution in [0.5, 0.6) is 0 Å². The van der Waals surface area contributed by atoms with Gasteiger partial charge >= 0.3 is 0 Å². The van der Waals surface area contributed by atoms with E-state index in [1.165, 1.54) is 50.5 Å². The first-order chi connectivity index (χ1) is 15.2. The Kier molecular flexibility index (Phi) is 7.03. The molecule has 180 valence electrons. The van der Waals surface area contributed by atoms with Crippen molar-refractivity contribution in [1.82, 2.24) is 0 Å². The molecule has 32 heavy (non-hydrogen) atoms. The quantitative estimate of drug-likeness (QED) is 0.366. The lowest BCUT2D eigenvalue weighted by Gasteiger charge is -2.58. The van der Waals surface area contributed by atoms with E-state index in [1.54, 1.807) is 0 Å². The van der Waals surface area contributed by atoms with Crippen LogP contribution in [0, 0.1) is 11.3 Å². The molecule has 4 rings (SSSR count). The molecule has 3 heteroatoms. The Morgan fingerprint density at radius 2 is 1.53 bits per heavy atom. The van der Waals surface area contributed by atoms with Crippen LogP contribution in [0.2, 0.25) is 16.6 Å². The van der Waals surface area contributed by atoms with Gasteiger partial charge < -0.3 is 9.16 Å². The van der Waals surface area contributed by atoms with E-state index in [4.69, 9.17) is 9.16 Å². The zero-order valence-electron chi connectivity index (χ0n) is 21.8. The van der Waals surface area contributed by atoms with Crippen molar-refractivity contribution in [2.45, 2.75) is 134 Å². The van der Waals surface area contributed by atoms with Gasteiger partial charge in [-0.25, -0.2) is 0 Å². The van der Waals surface area contributed by atoms with Gasteiger partial charge in [0.05, 0.1) is 17.8 Å². The summed E-state index contributed by atoms with van der Waals surface area (Å²) in [6.45, 7) is 17.1. The molecule has 3 fully saturated rings. The van der Waals surface area contributed by atoms with Crippen molar-refractivity contribution in [2.75, 3.05) is 0 Å². The van der Waals surface area contributed by atoms with E-state index in [0.29, 0.717) is 34.7 Å². The zero-order chi connectivity index (χ0) is 23.1. The molecule has 0 amide bonds. The molecule has 1 saturated carbocycles. The minimum absolute atomic E-state index is 0.0248. The summed E-state index contributed by atoms with van der Waals surface area (Å²) in [4.78, 5) is 0. The molecule has 1 aromatic rings. The first-order valence-electron chi connectivity index (χ1n) is 13.6. The van der Waals surface area contributed by atoms with Gasteiger partial charge in [-0.2, -0.15) is 0 Å². The lowest BCUT2D eigenvalue weighted by atomic mass is 9.66. The molecule has 2 bridgehead atoms. The van der Waals surface area contributed by atoms with Crippen LogP contribution < -0.4 is 0 Å². The fraction of sp³-hybridized carbons (Fsp3) is 0.793. The van der Waals surface area contributed by atoms with Crippen LogP contribution in [0.4, 0.5) is 0 Å². The van der Waals surface area contributed by atoms with E-state index < -0.39 is 8.32 Å². The lowest BCUT2D eigenvalue weighted by Crippen LogP contribution is -2.63. The van der Waals surface area contributed by atoms with Crippen LogP contribution in [0.1, 0.15) is 99.0 Å². The summed E-state index contributed by atoms with van der Waals surface area (Å²) in [6.07, 6.45) is 10.8. The van der Waals surface area contributed by atoms with Crippen molar-refractivity contribution in [2.24, 2.45) is 11.3 Å². The Hall–Kier alpha value is -0.643. The number of hydrogen-bond acceptors (Lipinski definition) is 2. The van der Waals surface area contributed by atoms with Crippen LogP contribution in [-0.4, -0.2) is 26.1 Å². The molecule has 0 N–H and O–H groups in total. The third-order valence-corrected chi connectivity index (χ3v) is 15.9. The second-order valence-corrected chi connectivity index (χ2v) is 17.8. The molecule has 4 atom stereocenters. The van der Waals surface area contributed by atoms with E-state index in [9.17, 15) is 0 Å². The van der Waals surface area contributed by atoms with Gasteiger partial charge in [-0.15, -0.1) is 0 Å². The van der Waals surface area contributed by atoms with Crippen LogP contribution in [0.3, 0.4) is 0 Å². The van der Waals surface area contributed by atoms with Crippen molar-refractivity contribution < 1.29 is 9.16 Å². The Morgan fingerprint density at radius 3 is 2.09 bits per heavy atom. The summed E-state index contributed by atoms with van der Waals surface area (Å²) in [5, 5.41) is 0. The number of ether oxygens (including phenoxy) is 1. The van der Waals surface area contributed by atoms with Gasteiger partial charge in [0.1, 0.15) is 0 Å². The molecule has 2 heterocycles. The number of fused-ring (bicyclic) bond motifs is 3. The maximum atomic E-state index is 7.81. The highest BCUT2D eigenvalue weighted by Crippen LogP contribution is 2.62. The lowest BCUT2D eigenvalue weighted by molar-refractivity contribution is -0.221. The van der Waals surface area contributed by atoms with Crippen LogP contribution in [0.25, 0.3) is 0 Å². The highest BCUT2D eigenvalue weighted by molar-refractivity contribution is 6.77. The van der Waals surface area contributed by atoms with Crippen LogP contribution >= 0.6 is 0 Å². The maximum Gasteiger partial charge on any atom is 0.200 e. The minimum Gasteiger partial charge on any atom is -0.412 e. The molecule has 1 spiro atoms. The summed E-state index contributed by atoms with van der Waals surface area (Å²) >= 11 is 0. The van der Waals surface area contributed by atoms with Crippen molar-refractivity contribution in [1.29, 1.82) is 0 Å². The van der Waals surface area contributed by atoms with Crippen molar-refractivity contribution in [3.63, 3.8) is 0 Å². The minimum atomic E-state index is -1.98. The Labute approximate surface area is 199 Å². The molecule has 3 aliphatic rings. The Bertz CT molecular complexity index is 730. The second-order valence-electron chi connectivity index (χ2n) is 12.4. The predicted octanol–water partition coefficient (Wildman–Crippen LogP) is 8.31. The number of hydrogen-bond donors (Lipinski definition) is 0. The van der Waals surface area contributed by atoms with Gasteiger partial charge in [0, 0.05) is 11.3 Å². The SMILES string of the molecule is CC(C)[Si](O[C@@H]1[C@@H](CCc2ccccc2)[C@]2(C)CC[C@H](O2)C12CCCC2)(C(C)C)C(C)C. The van der Waals surface area contributed by atoms with Gasteiger partial charge in [0.2, 0.25) is 8.32 Å². The molecule has 0 aromatic heterocycles. The largest absolute Gasteiger partial charge is 0.412 e. The second kappa shape index (κ2) is 9.19. The third kappa shape index (κ3) is 3.94. The number of benzene rings is 1. The topological polar surface area (TPSA) is 18.5 Å². The molecule has 1 aliphatic carbocycles. The number of rotatable bonds is 8. The average molecular weight is 457 g/mol. The fourth-order valence-corrected chi connectivity index (χ4v) is 14.0. The predicted molar refractivity (Wildman–Crippen MR) is 138 cm³/mol. The number of aryl methyl sites for hydroxylation is 1. The van der Waals surface area contributed by atoms with Gasteiger partial charge in [0.15, 0.2) is 0 Å². The summed E-state index contributed by atoms with van der Waals surface area (Å²) in [5.41, 5.74) is 3.56. The zero-order valence-corrected chi connectivity index (χ0v) is 22.8.